The van der Waals surface area contributed by atoms with Gasteiger partial charge in [-0.1, -0.05) is 19.3 Å². The summed E-state index contributed by atoms with van der Waals surface area (Å²) in [5.41, 5.74) is 7.24. The second-order valence-electron chi connectivity index (χ2n) is 4.94. The molecule has 1 aromatic heterocycles. The number of nitrogens with two attached hydrogens (primary N) is 1. The van der Waals surface area contributed by atoms with Gasteiger partial charge < -0.3 is 10.3 Å². The quantitative estimate of drug-likeness (QED) is 0.897. The van der Waals surface area contributed by atoms with Gasteiger partial charge in [-0.25, -0.2) is 4.98 Å². The Morgan fingerprint density at radius 3 is 2.71 bits per heavy atom. The van der Waals surface area contributed by atoms with Crippen LogP contribution < -0.4 is 5.73 Å². The third kappa shape index (κ3) is 2.79. The molecule has 0 unspecified atom stereocenters. The van der Waals surface area contributed by atoms with Crippen molar-refractivity contribution in [3.05, 3.63) is 11.5 Å². The molecule has 1 heterocycles. The predicted molar refractivity (Wildman–Crippen MR) is 75.5 cm³/mol. The highest BCUT2D eigenvalue weighted by atomic mass is 32.2. The molecule has 1 aliphatic carbocycles. The maximum atomic E-state index is 6.14. The van der Waals surface area contributed by atoms with E-state index < -0.39 is 0 Å². The molecular weight excluding hydrogens is 230 g/mol. The first kappa shape index (κ1) is 12.8. The maximum Gasteiger partial charge on any atom is 0.126 e. The second kappa shape index (κ2) is 5.80. The standard InChI is InChI=1S/C13H23N3S/c1-16-12(14)11(8-9-17-2)15-13(16)10-6-4-3-5-7-10/h10H,3-9,14H2,1-2H3. The molecule has 3 nitrogen and oxygen atoms in total. The average Bonchev–Trinajstić information content (AvgIpc) is 2.65. The summed E-state index contributed by atoms with van der Waals surface area (Å²) in [4.78, 5) is 4.80. The van der Waals surface area contributed by atoms with Crippen LogP contribution in [0.25, 0.3) is 0 Å². The van der Waals surface area contributed by atoms with Crippen LogP contribution in [0.2, 0.25) is 0 Å². The number of aromatic nitrogens is 2. The summed E-state index contributed by atoms with van der Waals surface area (Å²) in [5.74, 6) is 3.84. The molecule has 1 saturated carbocycles. The molecule has 2 rings (SSSR count). The number of hydrogen-bond acceptors (Lipinski definition) is 3. The monoisotopic (exact) mass is 253 g/mol. The molecule has 4 heteroatoms. The van der Waals surface area contributed by atoms with Crippen molar-refractivity contribution < 1.29 is 0 Å². The highest BCUT2D eigenvalue weighted by molar-refractivity contribution is 7.98. The number of nitrogen functional groups attached to an aromatic ring is 1. The summed E-state index contributed by atoms with van der Waals surface area (Å²) in [7, 11) is 2.06. The molecule has 0 spiro atoms. The number of thioether (sulfide) groups is 1. The van der Waals surface area contributed by atoms with Gasteiger partial charge in [0.2, 0.25) is 0 Å². The zero-order valence-electron chi connectivity index (χ0n) is 10.9. The van der Waals surface area contributed by atoms with Gasteiger partial charge in [-0.15, -0.1) is 0 Å². The molecular formula is C13H23N3S. The van der Waals surface area contributed by atoms with Crippen LogP contribution in [-0.2, 0) is 13.5 Å². The first-order valence-electron chi connectivity index (χ1n) is 6.54. The summed E-state index contributed by atoms with van der Waals surface area (Å²) in [6.45, 7) is 0. The third-order valence-corrected chi connectivity index (χ3v) is 4.38. The van der Waals surface area contributed by atoms with E-state index in [0.29, 0.717) is 5.92 Å². The molecule has 0 radical (unpaired) electrons. The van der Waals surface area contributed by atoms with Crippen molar-refractivity contribution in [2.45, 2.75) is 44.4 Å². The van der Waals surface area contributed by atoms with E-state index in [1.54, 1.807) is 0 Å². The lowest BCUT2D eigenvalue weighted by Gasteiger charge is -2.21. The van der Waals surface area contributed by atoms with Gasteiger partial charge in [0.25, 0.3) is 0 Å². The minimum absolute atomic E-state index is 0.638. The van der Waals surface area contributed by atoms with E-state index in [-0.39, 0.29) is 0 Å². The van der Waals surface area contributed by atoms with E-state index in [1.165, 1.54) is 37.9 Å². The largest absolute Gasteiger partial charge is 0.384 e. The van der Waals surface area contributed by atoms with Gasteiger partial charge in [0.1, 0.15) is 11.6 Å². The first-order chi connectivity index (χ1) is 8.24. The Kier molecular flexibility index (Phi) is 4.37. The minimum Gasteiger partial charge on any atom is -0.384 e. The Morgan fingerprint density at radius 1 is 1.35 bits per heavy atom. The van der Waals surface area contributed by atoms with Crippen LogP contribution in [0.4, 0.5) is 5.82 Å². The number of hydrogen-bond donors (Lipinski definition) is 1. The summed E-state index contributed by atoms with van der Waals surface area (Å²) in [6.07, 6.45) is 9.76. The number of rotatable bonds is 4. The minimum atomic E-state index is 0.638. The van der Waals surface area contributed by atoms with Gasteiger partial charge >= 0.3 is 0 Å². The molecule has 96 valence electrons. The lowest BCUT2D eigenvalue weighted by molar-refractivity contribution is 0.421. The van der Waals surface area contributed by atoms with E-state index >= 15 is 0 Å². The first-order valence-corrected chi connectivity index (χ1v) is 7.93. The SMILES string of the molecule is CSCCc1nc(C2CCCCC2)n(C)c1N. The van der Waals surface area contributed by atoms with Crippen LogP contribution in [0.5, 0.6) is 0 Å². The Balaban J connectivity index is 2.16. The van der Waals surface area contributed by atoms with E-state index in [9.17, 15) is 0 Å². The van der Waals surface area contributed by atoms with Crippen LogP contribution in [-0.4, -0.2) is 21.6 Å². The molecule has 0 atom stereocenters. The van der Waals surface area contributed by atoms with Crippen LogP contribution in [0, 0.1) is 0 Å². The zero-order valence-corrected chi connectivity index (χ0v) is 11.7. The summed E-state index contributed by atoms with van der Waals surface area (Å²) >= 11 is 1.85. The Bertz CT molecular complexity index is 367. The van der Waals surface area contributed by atoms with E-state index in [0.717, 1.165) is 23.7 Å². The number of aryl methyl sites for hydroxylation is 1. The van der Waals surface area contributed by atoms with E-state index in [1.807, 2.05) is 11.8 Å². The number of imidazole rings is 1. The van der Waals surface area contributed by atoms with Gasteiger partial charge in [0.05, 0.1) is 5.69 Å². The molecule has 1 fully saturated rings. The average molecular weight is 253 g/mol. The van der Waals surface area contributed by atoms with Crippen LogP contribution >= 0.6 is 11.8 Å². The lowest BCUT2D eigenvalue weighted by atomic mass is 9.89. The molecule has 2 N–H and O–H groups in total. The highest BCUT2D eigenvalue weighted by Gasteiger charge is 2.22. The summed E-state index contributed by atoms with van der Waals surface area (Å²) in [5, 5.41) is 0. The molecule has 1 aromatic rings. The normalized spacial score (nSPS) is 17.5. The highest BCUT2D eigenvalue weighted by Crippen LogP contribution is 2.33. The fourth-order valence-electron chi connectivity index (χ4n) is 2.70. The van der Waals surface area contributed by atoms with Gasteiger partial charge in [0.15, 0.2) is 0 Å². The van der Waals surface area contributed by atoms with E-state index in [4.69, 9.17) is 10.7 Å². The van der Waals surface area contributed by atoms with Crippen molar-refractivity contribution >= 4 is 17.6 Å². The van der Waals surface area contributed by atoms with Gasteiger partial charge in [0, 0.05) is 19.4 Å². The van der Waals surface area contributed by atoms with Crippen molar-refractivity contribution in [2.24, 2.45) is 7.05 Å². The van der Waals surface area contributed by atoms with E-state index in [2.05, 4.69) is 17.9 Å². The smallest absolute Gasteiger partial charge is 0.126 e. The molecule has 0 saturated heterocycles. The Labute approximate surface area is 108 Å². The van der Waals surface area contributed by atoms with Gasteiger partial charge in [-0.05, 0) is 24.9 Å². The van der Waals surface area contributed by atoms with Crippen molar-refractivity contribution in [2.75, 3.05) is 17.7 Å². The number of anilines is 1. The number of nitrogens with zero attached hydrogens (tertiary/aromatic N) is 2. The summed E-state index contributed by atoms with van der Waals surface area (Å²) in [6, 6.07) is 0. The molecule has 0 aliphatic heterocycles. The second-order valence-corrected chi connectivity index (χ2v) is 5.92. The topological polar surface area (TPSA) is 43.8 Å². The van der Waals surface area contributed by atoms with Crippen LogP contribution in [0.1, 0.15) is 49.5 Å². The van der Waals surface area contributed by atoms with Crippen LogP contribution in [0.15, 0.2) is 0 Å². The Morgan fingerprint density at radius 2 is 2.06 bits per heavy atom. The fraction of sp³-hybridized carbons (Fsp3) is 0.769. The molecule has 0 bridgehead atoms. The van der Waals surface area contributed by atoms with Crippen molar-refractivity contribution in [1.29, 1.82) is 0 Å². The van der Waals surface area contributed by atoms with Crippen molar-refractivity contribution in [1.82, 2.24) is 9.55 Å². The molecule has 0 amide bonds. The van der Waals surface area contributed by atoms with Crippen LogP contribution in [0.3, 0.4) is 0 Å². The van der Waals surface area contributed by atoms with Crippen molar-refractivity contribution in [3.8, 4) is 0 Å². The molecule has 17 heavy (non-hydrogen) atoms. The Hall–Kier alpha value is -0.640. The lowest BCUT2D eigenvalue weighted by Crippen LogP contribution is -2.11. The van der Waals surface area contributed by atoms with Crippen molar-refractivity contribution in [3.63, 3.8) is 0 Å². The van der Waals surface area contributed by atoms with Gasteiger partial charge in [-0.3, -0.25) is 0 Å². The maximum absolute atomic E-state index is 6.14. The molecule has 0 aromatic carbocycles. The summed E-state index contributed by atoms with van der Waals surface area (Å²) < 4.78 is 2.12. The predicted octanol–water partition coefficient (Wildman–Crippen LogP) is 2.96. The fourth-order valence-corrected chi connectivity index (χ4v) is 3.09. The van der Waals surface area contributed by atoms with Gasteiger partial charge in [-0.2, -0.15) is 11.8 Å². The molecule has 1 aliphatic rings. The third-order valence-electron chi connectivity index (χ3n) is 3.76. The zero-order chi connectivity index (χ0) is 12.3.